The van der Waals surface area contributed by atoms with Gasteiger partial charge in [-0.15, -0.1) is 0 Å². The summed E-state index contributed by atoms with van der Waals surface area (Å²) in [6.07, 6.45) is 0.116. The standard InChI is InChI=1S/C21H25N3O5S/c1-14-4-9-18-17(12-14)24(20(26)21(2,3)29-18)11-10-19(25)23-13-15-5-7-16(8-6-15)30(22,27)28/h4-9,12H,10-11,13H2,1-3H3,(H,23,25)(H2,22,27,28). The molecule has 0 spiro atoms. The third kappa shape index (κ3) is 4.80. The van der Waals surface area contributed by atoms with Gasteiger partial charge in [-0.2, -0.15) is 0 Å². The lowest BCUT2D eigenvalue weighted by atomic mass is 10.0. The molecule has 1 aliphatic rings. The zero-order valence-electron chi connectivity index (χ0n) is 17.1. The minimum atomic E-state index is -3.75. The summed E-state index contributed by atoms with van der Waals surface area (Å²) < 4.78 is 28.4. The number of carbonyl (C=O) groups excluding carboxylic acids is 2. The van der Waals surface area contributed by atoms with Crippen LogP contribution in [0.15, 0.2) is 47.4 Å². The number of benzene rings is 2. The number of nitrogens with one attached hydrogen (secondary N) is 1. The van der Waals surface area contributed by atoms with E-state index < -0.39 is 15.6 Å². The van der Waals surface area contributed by atoms with Crippen molar-refractivity contribution < 1.29 is 22.7 Å². The second kappa shape index (κ2) is 8.08. The molecular formula is C21H25N3O5S. The Balaban J connectivity index is 1.63. The molecule has 0 saturated carbocycles. The average Bonchev–Trinajstić information content (AvgIpc) is 2.67. The van der Waals surface area contributed by atoms with Crippen molar-refractivity contribution in [3.8, 4) is 5.75 Å². The number of nitrogens with two attached hydrogens (primary N) is 1. The summed E-state index contributed by atoms with van der Waals surface area (Å²) in [6, 6.07) is 11.6. The molecule has 0 aromatic heterocycles. The summed E-state index contributed by atoms with van der Waals surface area (Å²) in [5.74, 6) is 0.185. The van der Waals surface area contributed by atoms with Crippen LogP contribution in [0.25, 0.3) is 0 Å². The molecule has 0 aliphatic carbocycles. The first kappa shape index (κ1) is 21.8. The van der Waals surface area contributed by atoms with Crippen LogP contribution in [0.2, 0.25) is 0 Å². The molecule has 1 aliphatic heterocycles. The van der Waals surface area contributed by atoms with Gasteiger partial charge in [0, 0.05) is 19.5 Å². The zero-order valence-corrected chi connectivity index (χ0v) is 18.0. The van der Waals surface area contributed by atoms with E-state index in [2.05, 4.69) is 5.32 Å². The Hall–Kier alpha value is -2.91. The summed E-state index contributed by atoms with van der Waals surface area (Å²) in [5, 5.41) is 7.85. The Morgan fingerprint density at radius 1 is 1.17 bits per heavy atom. The maximum absolute atomic E-state index is 12.8. The third-order valence-electron chi connectivity index (χ3n) is 4.83. The van der Waals surface area contributed by atoms with Gasteiger partial charge in [0.2, 0.25) is 15.9 Å². The lowest BCUT2D eigenvalue weighted by Gasteiger charge is -2.38. The van der Waals surface area contributed by atoms with Crippen molar-refractivity contribution in [2.24, 2.45) is 5.14 Å². The van der Waals surface area contributed by atoms with Gasteiger partial charge >= 0.3 is 0 Å². The maximum atomic E-state index is 12.8. The molecule has 160 valence electrons. The molecule has 0 unspecified atom stereocenters. The largest absolute Gasteiger partial charge is 0.476 e. The molecule has 0 saturated heterocycles. The number of sulfonamides is 1. The molecule has 30 heavy (non-hydrogen) atoms. The van der Waals surface area contributed by atoms with Crippen LogP contribution in [0.1, 0.15) is 31.4 Å². The highest BCUT2D eigenvalue weighted by molar-refractivity contribution is 7.89. The van der Waals surface area contributed by atoms with Crippen molar-refractivity contribution in [2.75, 3.05) is 11.4 Å². The lowest BCUT2D eigenvalue weighted by Crippen LogP contribution is -2.53. The number of ether oxygens (including phenoxy) is 1. The first-order valence-electron chi connectivity index (χ1n) is 9.47. The van der Waals surface area contributed by atoms with Gasteiger partial charge in [0.1, 0.15) is 5.75 Å². The van der Waals surface area contributed by atoms with Crippen LogP contribution >= 0.6 is 0 Å². The van der Waals surface area contributed by atoms with Crippen LogP contribution in [0.5, 0.6) is 5.75 Å². The Morgan fingerprint density at radius 2 is 1.83 bits per heavy atom. The molecule has 0 atom stereocenters. The molecule has 9 heteroatoms. The fourth-order valence-corrected chi connectivity index (χ4v) is 3.71. The monoisotopic (exact) mass is 431 g/mol. The van der Waals surface area contributed by atoms with Gasteiger partial charge < -0.3 is 15.0 Å². The van der Waals surface area contributed by atoms with Crippen molar-refractivity contribution in [3.05, 3.63) is 53.6 Å². The number of rotatable bonds is 6. The van der Waals surface area contributed by atoms with E-state index in [9.17, 15) is 18.0 Å². The van der Waals surface area contributed by atoms with Gasteiger partial charge in [-0.25, -0.2) is 13.6 Å². The summed E-state index contributed by atoms with van der Waals surface area (Å²) >= 11 is 0. The molecule has 0 radical (unpaired) electrons. The Bertz CT molecular complexity index is 1080. The highest BCUT2D eigenvalue weighted by atomic mass is 32.2. The second-order valence-corrected chi connectivity index (χ2v) is 9.32. The quantitative estimate of drug-likeness (QED) is 0.724. The Kier molecular flexibility index (Phi) is 5.87. The van der Waals surface area contributed by atoms with Crippen molar-refractivity contribution in [3.63, 3.8) is 0 Å². The van der Waals surface area contributed by atoms with Gasteiger partial charge in [-0.05, 0) is 56.2 Å². The smallest absolute Gasteiger partial charge is 0.270 e. The number of nitrogens with zero attached hydrogens (tertiary/aromatic N) is 1. The zero-order chi connectivity index (χ0) is 22.1. The van der Waals surface area contributed by atoms with E-state index in [0.29, 0.717) is 11.4 Å². The van der Waals surface area contributed by atoms with Crippen molar-refractivity contribution in [2.45, 2.75) is 44.2 Å². The molecule has 2 aromatic rings. The SMILES string of the molecule is Cc1ccc2c(c1)N(CCC(=O)NCc1ccc(S(N)(=O)=O)cc1)C(=O)C(C)(C)O2. The topological polar surface area (TPSA) is 119 Å². The van der Waals surface area contributed by atoms with Crippen LogP contribution in [0, 0.1) is 6.92 Å². The number of carbonyl (C=O) groups is 2. The molecule has 0 bridgehead atoms. The minimum absolute atomic E-state index is 0.0139. The van der Waals surface area contributed by atoms with Crippen LogP contribution in [-0.2, 0) is 26.2 Å². The first-order valence-corrected chi connectivity index (χ1v) is 11.0. The Labute approximate surface area is 176 Å². The fourth-order valence-electron chi connectivity index (χ4n) is 3.20. The number of hydrogen-bond acceptors (Lipinski definition) is 5. The molecule has 3 rings (SSSR count). The van der Waals surface area contributed by atoms with Crippen molar-refractivity contribution >= 4 is 27.5 Å². The van der Waals surface area contributed by atoms with E-state index in [1.807, 2.05) is 25.1 Å². The Morgan fingerprint density at radius 3 is 2.47 bits per heavy atom. The van der Waals surface area contributed by atoms with Gasteiger partial charge in [0.05, 0.1) is 10.6 Å². The molecule has 0 fully saturated rings. The normalized spacial score (nSPS) is 15.3. The van der Waals surface area contributed by atoms with Gasteiger partial charge in [-0.1, -0.05) is 18.2 Å². The molecular weight excluding hydrogens is 406 g/mol. The van der Waals surface area contributed by atoms with E-state index in [4.69, 9.17) is 9.88 Å². The molecule has 2 amide bonds. The number of anilines is 1. The number of fused-ring (bicyclic) bond motifs is 1. The summed E-state index contributed by atoms with van der Waals surface area (Å²) in [4.78, 5) is 26.8. The van der Waals surface area contributed by atoms with Gasteiger partial charge in [0.15, 0.2) is 5.60 Å². The number of primary sulfonamides is 1. The molecule has 3 N–H and O–H groups in total. The van der Waals surface area contributed by atoms with Gasteiger partial charge in [0.25, 0.3) is 5.91 Å². The molecule has 8 nitrogen and oxygen atoms in total. The third-order valence-corrected chi connectivity index (χ3v) is 5.76. The number of hydrogen-bond donors (Lipinski definition) is 2. The van der Waals surface area contributed by atoms with Gasteiger partial charge in [-0.3, -0.25) is 9.59 Å². The first-order chi connectivity index (χ1) is 14.0. The van der Waals surface area contributed by atoms with E-state index in [0.717, 1.165) is 11.1 Å². The van der Waals surface area contributed by atoms with E-state index in [1.165, 1.54) is 12.1 Å². The lowest BCUT2D eigenvalue weighted by molar-refractivity contribution is -0.132. The molecule has 2 aromatic carbocycles. The van der Waals surface area contributed by atoms with Crippen molar-refractivity contribution in [1.29, 1.82) is 0 Å². The van der Waals surface area contributed by atoms with E-state index in [1.54, 1.807) is 30.9 Å². The predicted octanol–water partition coefficient (Wildman–Crippen LogP) is 1.85. The van der Waals surface area contributed by atoms with E-state index >= 15 is 0 Å². The van der Waals surface area contributed by atoms with Crippen LogP contribution in [0.4, 0.5) is 5.69 Å². The van der Waals surface area contributed by atoms with Crippen LogP contribution in [-0.4, -0.2) is 32.4 Å². The second-order valence-electron chi connectivity index (χ2n) is 7.76. The average molecular weight is 432 g/mol. The van der Waals surface area contributed by atoms with E-state index in [-0.39, 0.29) is 36.2 Å². The summed E-state index contributed by atoms with van der Waals surface area (Å²) in [6.45, 7) is 5.80. The predicted molar refractivity (Wildman–Crippen MR) is 113 cm³/mol. The maximum Gasteiger partial charge on any atom is 0.270 e. The fraction of sp³-hybridized carbons (Fsp3) is 0.333. The highest BCUT2D eigenvalue weighted by Gasteiger charge is 2.40. The number of aryl methyl sites for hydroxylation is 1. The summed E-state index contributed by atoms with van der Waals surface area (Å²) in [5.41, 5.74) is 1.37. The van der Waals surface area contributed by atoms with Crippen LogP contribution in [0.3, 0.4) is 0 Å². The van der Waals surface area contributed by atoms with Crippen molar-refractivity contribution in [1.82, 2.24) is 5.32 Å². The summed E-state index contributed by atoms with van der Waals surface area (Å²) in [7, 11) is -3.75. The molecule has 1 heterocycles. The van der Waals surface area contributed by atoms with Crippen LogP contribution < -0.4 is 20.1 Å². The minimum Gasteiger partial charge on any atom is -0.476 e. The highest BCUT2D eigenvalue weighted by Crippen LogP contribution is 2.38. The number of amides is 2.